The van der Waals surface area contributed by atoms with Crippen molar-refractivity contribution in [2.45, 2.75) is 6.42 Å². The Morgan fingerprint density at radius 3 is 2.81 bits per heavy atom. The Bertz CT molecular complexity index is 170. The van der Waals surface area contributed by atoms with Gasteiger partial charge in [-0.05, 0) is 12.2 Å². The van der Waals surface area contributed by atoms with Gasteiger partial charge >= 0.3 is 0 Å². The summed E-state index contributed by atoms with van der Waals surface area (Å²) in [6.07, 6.45) is 0.825. The number of nitrogens with one attached hydrogen (secondary N) is 1. The van der Waals surface area contributed by atoms with E-state index in [4.69, 9.17) is 9.84 Å². The molecule has 0 atom stereocenters. The van der Waals surface area contributed by atoms with Gasteiger partial charge in [-0.25, -0.2) is 0 Å². The fourth-order valence-corrected chi connectivity index (χ4v) is 2.39. The number of thioether (sulfide) groups is 2. The third kappa shape index (κ3) is 12.2. The average molecular weight is 267 g/mol. The Balaban J connectivity index is 3.11. The van der Waals surface area contributed by atoms with Gasteiger partial charge in [0.1, 0.15) is 0 Å². The molecule has 0 aromatic carbocycles. The third-order valence-corrected chi connectivity index (χ3v) is 3.67. The van der Waals surface area contributed by atoms with E-state index in [-0.39, 0.29) is 12.5 Å². The number of carbonyl (C=O) groups is 1. The number of rotatable bonds is 11. The van der Waals surface area contributed by atoms with Crippen molar-refractivity contribution >= 4 is 29.4 Å². The second kappa shape index (κ2) is 13.2. The zero-order valence-electron chi connectivity index (χ0n) is 9.74. The summed E-state index contributed by atoms with van der Waals surface area (Å²) in [5.41, 5.74) is 0. The zero-order valence-corrected chi connectivity index (χ0v) is 11.4. The number of carbonyl (C=O) groups excluding carboxylic acids is 1. The van der Waals surface area contributed by atoms with Crippen LogP contribution < -0.4 is 5.32 Å². The quantitative estimate of drug-likeness (QED) is 0.537. The summed E-state index contributed by atoms with van der Waals surface area (Å²) in [5, 5.41) is 11.4. The van der Waals surface area contributed by atoms with Crippen LogP contribution in [0.25, 0.3) is 0 Å². The van der Waals surface area contributed by atoms with Crippen molar-refractivity contribution in [3.05, 3.63) is 0 Å². The number of methoxy groups -OCH3 is 1. The Morgan fingerprint density at radius 1 is 1.31 bits per heavy atom. The minimum atomic E-state index is 0.0869. The maximum absolute atomic E-state index is 11.3. The Kier molecular flexibility index (Phi) is 13.2. The predicted octanol–water partition coefficient (Wildman–Crippen LogP) is 0.598. The van der Waals surface area contributed by atoms with Gasteiger partial charge in [0.05, 0.1) is 12.4 Å². The number of aliphatic hydroxyl groups is 1. The van der Waals surface area contributed by atoms with Gasteiger partial charge in [0, 0.05) is 31.8 Å². The molecule has 0 aliphatic carbocycles. The molecule has 0 unspecified atom stereocenters. The average Bonchev–Trinajstić information content (AvgIpc) is 2.29. The molecule has 96 valence electrons. The first-order valence-corrected chi connectivity index (χ1v) is 7.64. The van der Waals surface area contributed by atoms with Gasteiger partial charge < -0.3 is 15.2 Å². The van der Waals surface area contributed by atoms with Crippen molar-refractivity contribution in [3.8, 4) is 0 Å². The Morgan fingerprint density at radius 2 is 2.12 bits per heavy atom. The summed E-state index contributed by atoms with van der Waals surface area (Å²) in [6, 6.07) is 0. The van der Waals surface area contributed by atoms with Gasteiger partial charge in [0.2, 0.25) is 5.91 Å². The van der Waals surface area contributed by atoms with Gasteiger partial charge in [-0.3, -0.25) is 4.79 Å². The molecular formula is C10H21NO3S2. The highest BCUT2D eigenvalue weighted by Crippen LogP contribution is 2.01. The predicted molar refractivity (Wildman–Crippen MR) is 71.2 cm³/mol. The maximum atomic E-state index is 11.3. The molecular weight excluding hydrogens is 246 g/mol. The Labute approximate surface area is 106 Å². The van der Waals surface area contributed by atoms with Gasteiger partial charge in [-0.2, -0.15) is 11.8 Å². The summed E-state index contributed by atoms with van der Waals surface area (Å²) in [4.78, 5) is 11.3. The topological polar surface area (TPSA) is 58.6 Å². The normalized spacial score (nSPS) is 10.4. The third-order valence-electron chi connectivity index (χ3n) is 1.68. The molecule has 0 spiro atoms. The van der Waals surface area contributed by atoms with Crippen molar-refractivity contribution in [1.82, 2.24) is 5.32 Å². The van der Waals surface area contributed by atoms with Crippen LogP contribution in [0.3, 0.4) is 0 Å². The molecule has 2 N–H and O–H groups in total. The van der Waals surface area contributed by atoms with Crippen LogP contribution in [0, 0.1) is 0 Å². The van der Waals surface area contributed by atoms with Crippen molar-refractivity contribution in [3.63, 3.8) is 0 Å². The summed E-state index contributed by atoms with van der Waals surface area (Å²) >= 11 is 3.33. The standard InChI is InChI=1S/C10H21NO3S2/c1-14-5-8-16-9-10(13)11-3-7-15-6-2-4-12/h12H,2-9H2,1H3,(H,11,13). The van der Waals surface area contributed by atoms with E-state index >= 15 is 0 Å². The van der Waals surface area contributed by atoms with Crippen molar-refractivity contribution in [2.24, 2.45) is 0 Å². The second-order valence-corrected chi connectivity index (χ2v) is 5.41. The van der Waals surface area contributed by atoms with Crippen LogP contribution in [0.2, 0.25) is 0 Å². The van der Waals surface area contributed by atoms with E-state index in [1.165, 1.54) is 0 Å². The van der Waals surface area contributed by atoms with Crippen molar-refractivity contribution in [2.75, 3.05) is 49.9 Å². The Hall–Kier alpha value is 0.0900. The number of hydrogen-bond acceptors (Lipinski definition) is 5. The van der Waals surface area contributed by atoms with Crippen LogP contribution in [0.1, 0.15) is 6.42 Å². The largest absolute Gasteiger partial charge is 0.396 e. The highest BCUT2D eigenvalue weighted by molar-refractivity contribution is 8.00. The summed E-state index contributed by atoms with van der Waals surface area (Å²) in [6.45, 7) is 1.64. The van der Waals surface area contributed by atoms with E-state index in [0.29, 0.717) is 18.9 Å². The van der Waals surface area contributed by atoms with Gasteiger partial charge in [-0.15, -0.1) is 11.8 Å². The zero-order chi connectivity index (χ0) is 12.1. The van der Waals surface area contributed by atoms with E-state index in [1.54, 1.807) is 30.6 Å². The molecule has 0 aliphatic heterocycles. The molecule has 6 heteroatoms. The fraction of sp³-hybridized carbons (Fsp3) is 0.900. The fourth-order valence-electron chi connectivity index (χ4n) is 0.889. The van der Waals surface area contributed by atoms with Gasteiger partial charge in [0.25, 0.3) is 0 Å². The van der Waals surface area contributed by atoms with E-state index in [9.17, 15) is 4.79 Å². The van der Waals surface area contributed by atoms with Crippen LogP contribution in [0.4, 0.5) is 0 Å². The van der Waals surface area contributed by atoms with E-state index in [1.807, 2.05) is 0 Å². The molecule has 0 aromatic heterocycles. The highest BCUT2D eigenvalue weighted by Gasteiger charge is 2.00. The highest BCUT2D eigenvalue weighted by atomic mass is 32.2. The summed E-state index contributed by atoms with van der Waals surface area (Å²) in [7, 11) is 1.66. The van der Waals surface area contributed by atoms with E-state index in [2.05, 4.69) is 5.32 Å². The lowest BCUT2D eigenvalue weighted by Crippen LogP contribution is -2.27. The van der Waals surface area contributed by atoms with Crippen LogP contribution >= 0.6 is 23.5 Å². The molecule has 0 radical (unpaired) electrons. The molecule has 0 heterocycles. The molecule has 1 amide bonds. The molecule has 0 aliphatic rings. The monoisotopic (exact) mass is 267 g/mol. The first-order valence-electron chi connectivity index (χ1n) is 5.33. The van der Waals surface area contributed by atoms with Crippen molar-refractivity contribution in [1.29, 1.82) is 0 Å². The molecule has 16 heavy (non-hydrogen) atoms. The summed E-state index contributed by atoms with van der Waals surface area (Å²) < 4.78 is 4.88. The number of hydrogen-bond donors (Lipinski definition) is 2. The van der Waals surface area contributed by atoms with Gasteiger partial charge in [0.15, 0.2) is 0 Å². The lowest BCUT2D eigenvalue weighted by atomic mass is 10.5. The first kappa shape index (κ1) is 16.1. The SMILES string of the molecule is COCCSCC(=O)NCCSCCCO. The minimum absolute atomic E-state index is 0.0869. The first-order chi connectivity index (χ1) is 7.81. The molecule has 0 aromatic rings. The van der Waals surface area contributed by atoms with Crippen molar-refractivity contribution < 1.29 is 14.6 Å². The number of aliphatic hydroxyl groups excluding tert-OH is 1. The van der Waals surface area contributed by atoms with Crippen LogP contribution in [0.5, 0.6) is 0 Å². The lowest BCUT2D eigenvalue weighted by molar-refractivity contribution is -0.118. The van der Waals surface area contributed by atoms with E-state index in [0.717, 1.165) is 23.7 Å². The van der Waals surface area contributed by atoms with Gasteiger partial charge in [-0.1, -0.05) is 0 Å². The van der Waals surface area contributed by atoms with E-state index < -0.39 is 0 Å². The molecule has 4 nitrogen and oxygen atoms in total. The van der Waals surface area contributed by atoms with Crippen LogP contribution in [0.15, 0.2) is 0 Å². The number of amides is 1. The molecule has 0 saturated carbocycles. The smallest absolute Gasteiger partial charge is 0.230 e. The van der Waals surface area contributed by atoms with Crippen LogP contribution in [-0.4, -0.2) is 60.9 Å². The molecule has 0 saturated heterocycles. The lowest BCUT2D eigenvalue weighted by Gasteiger charge is -2.04. The minimum Gasteiger partial charge on any atom is -0.396 e. The second-order valence-electron chi connectivity index (χ2n) is 3.08. The molecule has 0 bridgehead atoms. The maximum Gasteiger partial charge on any atom is 0.230 e. The number of ether oxygens (including phenoxy) is 1. The summed E-state index contributed by atoms with van der Waals surface area (Å²) in [5.74, 6) is 3.31. The van der Waals surface area contributed by atoms with Crippen LogP contribution in [-0.2, 0) is 9.53 Å². The molecule has 0 rings (SSSR count). The molecule has 0 fully saturated rings.